The van der Waals surface area contributed by atoms with Crippen LogP contribution in [-0.2, 0) is 16.4 Å². The highest BCUT2D eigenvalue weighted by atomic mass is 32.2. The van der Waals surface area contributed by atoms with Crippen LogP contribution in [-0.4, -0.2) is 48.4 Å². The Kier molecular flexibility index (Phi) is 4.95. The Morgan fingerprint density at radius 2 is 2.19 bits per heavy atom. The van der Waals surface area contributed by atoms with Crippen LogP contribution in [0.3, 0.4) is 0 Å². The standard InChI is InChI=1S/C14H19NO4S2/c1-3-10-4-5-12(8-13(10)14(16)17)21(18,19)15(2)11-6-7-20-9-11/h4-5,8,11H,3,6-7,9H2,1-2H3,(H,16,17). The molecule has 1 atom stereocenters. The fraction of sp³-hybridized carbons (Fsp3) is 0.500. The lowest BCUT2D eigenvalue weighted by Crippen LogP contribution is -2.37. The third kappa shape index (κ3) is 3.25. The molecule has 21 heavy (non-hydrogen) atoms. The average molecular weight is 329 g/mol. The zero-order valence-corrected chi connectivity index (χ0v) is 13.7. The first-order valence-corrected chi connectivity index (χ1v) is 9.39. The molecule has 0 bridgehead atoms. The summed E-state index contributed by atoms with van der Waals surface area (Å²) in [6.07, 6.45) is 1.39. The number of benzene rings is 1. The van der Waals surface area contributed by atoms with Crippen LogP contribution in [0.15, 0.2) is 23.1 Å². The van der Waals surface area contributed by atoms with Crippen molar-refractivity contribution in [2.24, 2.45) is 0 Å². The first kappa shape index (κ1) is 16.3. The second-order valence-electron chi connectivity index (χ2n) is 5.02. The van der Waals surface area contributed by atoms with Crippen molar-refractivity contribution in [1.82, 2.24) is 4.31 Å². The Bertz CT molecular complexity index is 636. The summed E-state index contributed by atoms with van der Waals surface area (Å²) < 4.78 is 26.6. The lowest BCUT2D eigenvalue weighted by Gasteiger charge is -2.23. The molecule has 1 aliphatic heterocycles. The van der Waals surface area contributed by atoms with Crippen molar-refractivity contribution in [2.45, 2.75) is 30.7 Å². The number of aryl methyl sites for hydroxylation is 1. The van der Waals surface area contributed by atoms with Gasteiger partial charge in [0.05, 0.1) is 10.5 Å². The van der Waals surface area contributed by atoms with E-state index in [0.717, 1.165) is 17.9 Å². The van der Waals surface area contributed by atoms with Crippen LogP contribution in [0.5, 0.6) is 0 Å². The number of hydrogen-bond acceptors (Lipinski definition) is 4. The van der Waals surface area contributed by atoms with Crippen molar-refractivity contribution in [1.29, 1.82) is 0 Å². The third-order valence-electron chi connectivity index (χ3n) is 3.79. The minimum Gasteiger partial charge on any atom is -0.478 e. The molecular weight excluding hydrogens is 310 g/mol. The zero-order chi connectivity index (χ0) is 15.6. The summed E-state index contributed by atoms with van der Waals surface area (Å²) in [6, 6.07) is 4.35. The fourth-order valence-electron chi connectivity index (χ4n) is 2.39. The molecule has 0 amide bonds. The average Bonchev–Trinajstić information content (AvgIpc) is 2.99. The van der Waals surface area contributed by atoms with E-state index in [9.17, 15) is 18.3 Å². The van der Waals surface area contributed by atoms with Gasteiger partial charge < -0.3 is 5.11 Å². The van der Waals surface area contributed by atoms with Gasteiger partial charge in [0.25, 0.3) is 0 Å². The van der Waals surface area contributed by atoms with E-state index in [2.05, 4.69) is 0 Å². The monoisotopic (exact) mass is 329 g/mol. The predicted octanol–water partition coefficient (Wildman–Crippen LogP) is 2.07. The number of carboxylic acid groups (broad SMARTS) is 1. The molecule has 1 unspecified atom stereocenters. The second kappa shape index (κ2) is 6.37. The topological polar surface area (TPSA) is 74.7 Å². The lowest BCUT2D eigenvalue weighted by atomic mass is 10.1. The first-order chi connectivity index (χ1) is 9.87. The van der Waals surface area contributed by atoms with Crippen LogP contribution >= 0.6 is 11.8 Å². The molecule has 0 spiro atoms. The number of rotatable bonds is 5. The third-order valence-corrected chi connectivity index (χ3v) is 6.84. The molecule has 0 radical (unpaired) electrons. The Morgan fingerprint density at radius 3 is 2.71 bits per heavy atom. The van der Waals surface area contributed by atoms with E-state index in [4.69, 9.17) is 0 Å². The molecular formula is C14H19NO4S2. The van der Waals surface area contributed by atoms with Gasteiger partial charge in [-0.05, 0) is 36.3 Å². The Balaban J connectivity index is 2.40. The molecule has 2 rings (SSSR count). The van der Waals surface area contributed by atoms with Crippen molar-refractivity contribution in [3.05, 3.63) is 29.3 Å². The molecule has 0 aliphatic carbocycles. The maximum atomic E-state index is 12.6. The molecule has 1 fully saturated rings. The summed E-state index contributed by atoms with van der Waals surface area (Å²) in [5.41, 5.74) is 0.702. The number of hydrogen-bond donors (Lipinski definition) is 1. The van der Waals surface area contributed by atoms with E-state index >= 15 is 0 Å². The molecule has 1 aromatic rings. The van der Waals surface area contributed by atoms with Crippen LogP contribution in [0.4, 0.5) is 0 Å². The van der Waals surface area contributed by atoms with Gasteiger partial charge in [-0.1, -0.05) is 13.0 Å². The number of carbonyl (C=O) groups is 1. The van der Waals surface area contributed by atoms with Crippen molar-refractivity contribution in [3.63, 3.8) is 0 Å². The lowest BCUT2D eigenvalue weighted by molar-refractivity contribution is 0.0695. The minimum atomic E-state index is -3.65. The van der Waals surface area contributed by atoms with Crippen LogP contribution in [0, 0.1) is 0 Å². The van der Waals surface area contributed by atoms with Gasteiger partial charge >= 0.3 is 5.97 Å². The number of carboxylic acids is 1. The highest BCUT2D eigenvalue weighted by Gasteiger charge is 2.31. The highest BCUT2D eigenvalue weighted by molar-refractivity contribution is 7.99. The van der Waals surface area contributed by atoms with Crippen LogP contribution in [0.25, 0.3) is 0 Å². The van der Waals surface area contributed by atoms with E-state index < -0.39 is 16.0 Å². The van der Waals surface area contributed by atoms with E-state index in [0.29, 0.717) is 12.0 Å². The Labute approximate surface area is 129 Å². The van der Waals surface area contributed by atoms with Crippen molar-refractivity contribution in [3.8, 4) is 0 Å². The summed E-state index contributed by atoms with van der Waals surface area (Å²) >= 11 is 1.74. The van der Waals surface area contributed by atoms with Crippen LogP contribution in [0.1, 0.15) is 29.3 Å². The van der Waals surface area contributed by atoms with Crippen LogP contribution in [0.2, 0.25) is 0 Å². The van der Waals surface area contributed by atoms with Gasteiger partial charge in [-0.25, -0.2) is 13.2 Å². The summed E-state index contributed by atoms with van der Waals surface area (Å²) in [5.74, 6) is 0.650. The molecule has 0 saturated carbocycles. The van der Waals surface area contributed by atoms with Gasteiger partial charge in [-0.2, -0.15) is 16.1 Å². The molecule has 0 aromatic heterocycles. The SMILES string of the molecule is CCc1ccc(S(=O)(=O)N(C)C2CCSC2)cc1C(=O)O. The molecule has 1 aliphatic rings. The molecule has 1 N–H and O–H groups in total. The maximum Gasteiger partial charge on any atom is 0.336 e. The summed E-state index contributed by atoms with van der Waals surface area (Å²) in [7, 11) is -2.08. The van der Waals surface area contributed by atoms with Gasteiger partial charge in [0.15, 0.2) is 0 Å². The number of aromatic carboxylic acids is 1. The molecule has 7 heteroatoms. The Morgan fingerprint density at radius 1 is 1.48 bits per heavy atom. The van der Waals surface area contributed by atoms with Gasteiger partial charge in [0.1, 0.15) is 0 Å². The minimum absolute atomic E-state index is 0.0147. The van der Waals surface area contributed by atoms with E-state index in [1.54, 1.807) is 24.9 Å². The Hall–Kier alpha value is -1.05. The van der Waals surface area contributed by atoms with E-state index in [-0.39, 0.29) is 16.5 Å². The van der Waals surface area contributed by atoms with Gasteiger partial charge in [0.2, 0.25) is 10.0 Å². The van der Waals surface area contributed by atoms with Crippen molar-refractivity contribution in [2.75, 3.05) is 18.6 Å². The summed E-state index contributed by atoms with van der Waals surface area (Å²) in [5, 5.41) is 9.23. The molecule has 116 valence electrons. The first-order valence-electron chi connectivity index (χ1n) is 6.80. The normalized spacial score (nSPS) is 19.1. The maximum absolute atomic E-state index is 12.6. The summed E-state index contributed by atoms with van der Waals surface area (Å²) in [6.45, 7) is 1.85. The van der Waals surface area contributed by atoms with Gasteiger partial charge in [0, 0.05) is 18.8 Å². The fourth-order valence-corrected chi connectivity index (χ4v) is 5.17. The summed E-state index contributed by atoms with van der Waals surface area (Å²) in [4.78, 5) is 11.3. The van der Waals surface area contributed by atoms with Crippen LogP contribution < -0.4 is 0 Å². The number of sulfonamides is 1. The van der Waals surface area contributed by atoms with Gasteiger partial charge in [-0.3, -0.25) is 0 Å². The molecule has 1 saturated heterocycles. The smallest absolute Gasteiger partial charge is 0.336 e. The quantitative estimate of drug-likeness (QED) is 0.895. The highest BCUT2D eigenvalue weighted by Crippen LogP contribution is 2.27. The van der Waals surface area contributed by atoms with E-state index in [1.807, 2.05) is 6.92 Å². The number of thioether (sulfide) groups is 1. The second-order valence-corrected chi connectivity index (χ2v) is 8.16. The predicted molar refractivity (Wildman–Crippen MR) is 83.5 cm³/mol. The zero-order valence-electron chi connectivity index (χ0n) is 12.1. The van der Waals surface area contributed by atoms with Gasteiger partial charge in [-0.15, -0.1) is 0 Å². The largest absolute Gasteiger partial charge is 0.478 e. The molecule has 1 heterocycles. The number of nitrogens with zero attached hydrogens (tertiary/aromatic N) is 1. The van der Waals surface area contributed by atoms with Crippen molar-refractivity contribution < 1.29 is 18.3 Å². The van der Waals surface area contributed by atoms with Crippen molar-refractivity contribution >= 4 is 27.8 Å². The van der Waals surface area contributed by atoms with E-state index in [1.165, 1.54) is 16.4 Å². The molecule has 5 nitrogen and oxygen atoms in total. The molecule has 1 aromatic carbocycles.